The van der Waals surface area contributed by atoms with E-state index in [1.165, 1.54) is 36.1 Å². The number of hydrogen-bond acceptors (Lipinski definition) is 4. The van der Waals surface area contributed by atoms with Gasteiger partial charge in [-0.05, 0) is 63.0 Å². The van der Waals surface area contributed by atoms with Crippen LogP contribution in [0.3, 0.4) is 0 Å². The first-order valence-electron chi connectivity index (χ1n) is 10.9. The normalized spacial score (nSPS) is 22.2. The number of nitrogens with one attached hydrogen (secondary N) is 1. The van der Waals surface area contributed by atoms with E-state index in [4.69, 9.17) is 4.74 Å². The molecular weight excluding hydrogens is 372 g/mol. The number of nitrogens with zero attached hydrogens (tertiary/aromatic N) is 1. The zero-order valence-corrected chi connectivity index (χ0v) is 17.6. The van der Waals surface area contributed by atoms with Crippen LogP contribution in [-0.2, 0) is 22.4 Å². The zero-order chi connectivity index (χ0) is 19.4. The van der Waals surface area contributed by atoms with Crippen LogP contribution in [0.5, 0.6) is 0 Å². The van der Waals surface area contributed by atoms with Gasteiger partial charge in [0.1, 0.15) is 0 Å². The maximum absolute atomic E-state index is 13.2. The highest BCUT2D eigenvalue weighted by Gasteiger charge is 2.43. The smallest absolute Gasteiger partial charge is 0.261 e. The summed E-state index contributed by atoms with van der Waals surface area (Å²) in [4.78, 5) is 30.3. The predicted molar refractivity (Wildman–Crippen MR) is 111 cm³/mol. The van der Waals surface area contributed by atoms with Gasteiger partial charge in [-0.3, -0.25) is 9.59 Å². The van der Waals surface area contributed by atoms with Gasteiger partial charge < -0.3 is 15.0 Å². The Morgan fingerprint density at radius 3 is 2.50 bits per heavy atom. The molecule has 154 valence electrons. The zero-order valence-electron chi connectivity index (χ0n) is 16.8. The molecular formula is C22H32N2O3S. The molecule has 3 heterocycles. The van der Waals surface area contributed by atoms with E-state index in [0.29, 0.717) is 32.6 Å². The van der Waals surface area contributed by atoms with Gasteiger partial charge in [-0.1, -0.05) is 12.8 Å². The molecule has 0 aromatic carbocycles. The molecule has 2 fully saturated rings. The molecule has 0 bridgehead atoms. The minimum absolute atomic E-state index is 0.0168. The standard InChI is InChI=1S/C22H32N2O3S/c25-20(19-15-17-7-3-1-2-4-8-18(17)28-19)23-16-22(9-13-27-14-10-22)21(26)24-11-5-6-12-24/h15H,1-14,16H2,(H,23,25). The third kappa shape index (κ3) is 4.28. The molecule has 2 saturated heterocycles. The molecule has 3 aliphatic rings. The number of aryl methyl sites for hydroxylation is 2. The number of thiophene rings is 1. The summed E-state index contributed by atoms with van der Waals surface area (Å²) in [5.74, 6) is 0.198. The second-order valence-corrected chi connectivity index (χ2v) is 9.68. The monoisotopic (exact) mass is 404 g/mol. The lowest BCUT2D eigenvalue weighted by atomic mass is 9.78. The topological polar surface area (TPSA) is 58.6 Å². The van der Waals surface area contributed by atoms with E-state index in [1.807, 2.05) is 4.90 Å². The highest BCUT2D eigenvalue weighted by Crippen LogP contribution is 2.34. The summed E-state index contributed by atoms with van der Waals surface area (Å²) in [6.07, 6.45) is 10.8. The molecule has 1 aromatic rings. The first kappa shape index (κ1) is 19.9. The molecule has 28 heavy (non-hydrogen) atoms. The van der Waals surface area contributed by atoms with E-state index in [0.717, 1.165) is 43.6 Å². The van der Waals surface area contributed by atoms with Crippen molar-refractivity contribution < 1.29 is 14.3 Å². The second-order valence-electron chi connectivity index (χ2n) is 8.55. The van der Waals surface area contributed by atoms with E-state index in [-0.39, 0.29) is 11.8 Å². The summed E-state index contributed by atoms with van der Waals surface area (Å²) in [5, 5.41) is 3.12. The van der Waals surface area contributed by atoms with E-state index >= 15 is 0 Å². The Morgan fingerprint density at radius 1 is 1.04 bits per heavy atom. The lowest BCUT2D eigenvalue weighted by molar-refractivity contribution is -0.146. The van der Waals surface area contributed by atoms with Crippen LogP contribution in [0.4, 0.5) is 0 Å². The summed E-state index contributed by atoms with van der Waals surface area (Å²) in [6.45, 7) is 3.33. The number of amides is 2. The summed E-state index contributed by atoms with van der Waals surface area (Å²) in [6, 6.07) is 2.10. The Hall–Kier alpha value is -1.40. The van der Waals surface area contributed by atoms with Gasteiger partial charge in [0.05, 0.1) is 10.3 Å². The predicted octanol–water partition coefficient (Wildman–Crippen LogP) is 3.56. The molecule has 6 heteroatoms. The summed E-state index contributed by atoms with van der Waals surface area (Å²) < 4.78 is 5.53. The molecule has 4 rings (SSSR count). The first-order valence-corrected chi connectivity index (χ1v) is 11.8. The van der Waals surface area contributed by atoms with Crippen molar-refractivity contribution in [3.05, 3.63) is 21.4 Å². The number of likely N-dealkylation sites (tertiary alicyclic amines) is 1. The Bertz CT molecular complexity index is 677. The summed E-state index contributed by atoms with van der Waals surface area (Å²) in [5.41, 5.74) is 0.869. The lowest BCUT2D eigenvalue weighted by Gasteiger charge is -2.38. The number of carbonyl (C=O) groups is 2. The van der Waals surface area contributed by atoms with Crippen LogP contribution in [0.1, 0.15) is 71.5 Å². The highest BCUT2D eigenvalue weighted by atomic mass is 32.1. The lowest BCUT2D eigenvalue weighted by Crippen LogP contribution is -2.52. The minimum atomic E-state index is -0.496. The van der Waals surface area contributed by atoms with E-state index in [9.17, 15) is 9.59 Å². The average Bonchev–Trinajstić information content (AvgIpc) is 3.36. The van der Waals surface area contributed by atoms with Crippen molar-refractivity contribution >= 4 is 23.2 Å². The SMILES string of the molecule is O=C(NCC1(C(=O)N2CCCC2)CCOCC1)c1cc2c(s1)CCCCCC2. The van der Waals surface area contributed by atoms with Crippen LogP contribution >= 0.6 is 11.3 Å². The molecule has 2 aliphatic heterocycles. The summed E-state index contributed by atoms with van der Waals surface area (Å²) >= 11 is 1.65. The van der Waals surface area contributed by atoms with E-state index in [1.54, 1.807) is 11.3 Å². The molecule has 2 amide bonds. The molecule has 0 atom stereocenters. The number of rotatable bonds is 4. The van der Waals surface area contributed by atoms with Crippen LogP contribution in [0.25, 0.3) is 0 Å². The van der Waals surface area contributed by atoms with Gasteiger partial charge in [0.2, 0.25) is 5.91 Å². The van der Waals surface area contributed by atoms with Crippen molar-refractivity contribution in [2.24, 2.45) is 5.41 Å². The molecule has 1 aliphatic carbocycles. The first-order chi connectivity index (χ1) is 13.7. The maximum Gasteiger partial charge on any atom is 0.261 e. The Kier molecular flexibility index (Phi) is 6.36. The quantitative estimate of drug-likeness (QED) is 0.835. The van der Waals surface area contributed by atoms with E-state index < -0.39 is 5.41 Å². The van der Waals surface area contributed by atoms with Crippen LogP contribution in [-0.4, -0.2) is 49.6 Å². The van der Waals surface area contributed by atoms with Crippen molar-refractivity contribution in [3.63, 3.8) is 0 Å². The minimum Gasteiger partial charge on any atom is -0.381 e. The maximum atomic E-state index is 13.2. The van der Waals surface area contributed by atoms with Crippen LogP contribution in [0, 0.1) is 5.41 Å². The van der Waals surface area contributed by atoms with Gasteiger partial charge in [0.25, 0.3) is 5.91 Å². The van der Waals surface area contributed by atoms with Crippen molar-refractivity contribution in [3.8, 4) is 0 Å². The number of ether oxygens (including phenoxy) is 1. The van der Waals surface area contributed by atoms with Crippen molar-refractivity contribution in [2.45, 2.75) is 64.2 Å². The number of carbonyl (C=O) groups excluding carboxylic acids is 2. The second kappa shape index (κ2) is 8.95. The van der Waals surface area contributed by atoms with Crippen molar-refractivity contribution in [1.29, 1.82) is 0 Å². The Balaban J connectivity index is 1.44. The molecule has 5 nitrogen and oxygen atoms in total. The van der Waals surface area contributed by atoms with Gasteiger partial charge in [-0.2, -0.15) is 0 Å². The van der Waals surface area contributed by atoms with Crippen LogP contribution in [0.15, 0.2) is 6.07 Å². The van der Waals surface area contributed by atoms with Gasteiger partial charge in [-0.15, -0.1) is 11.3 Å². The van der Waals surface area contributed by atoms with Crippen LogP contribution < -0.4 is 5.32 Å². The van der Waals surface area contributed by atoms with Gasteiger partial charge in [-0.25, -0.2) is 0 Å². The fourth-order valence-corrected chi connectivity index (χ4v) is 5.95. The van der Waals surface area contributed by atoms with Gasteiger partial charge in [0, 0.05) is 37.7 Å². The van der Waals surface area contributed by atoms with Crippen molar-refractivity contribution in [1.82, 2.24) is 10.2 Å². The van der Waals surface area contributed by atoms with Crippen LogP contribution in [0.2, 0.25) is 0 Å². The molecule has 0 spiro atoms. The third-order valence-corrected chi connectivity index (χ3v) is 7.84. The largest absolute Gasteiger partial charge is 0.381 e. The molecule has 1 N–H and O–H groups in total. The van der Waals surface area contributed by atoms with Gasteiger partial charge >= 0.3 is 0 Å². The molecule has 1 aromatic heterocycles. The third-order valence-electron chi connectivity index (χ3n) is 6.60. The number of fused-ring (bicyclic) bond motifs is 1. The van der Waals surface area contributed by atoms with Gasteiger partial charge in [0.15, 0.2) is 0 Å². The fraction of sp³-hybridized carbons (Fsp3) is 0.727. The Labute approximate surface area is 171 Å². The fourth-order valence-electron chi connectivity index (χ4n) is 4.78. The average molecular weight is 405 g/mol. The van der Waals surface area contributed by atoms with E-state index in [2.05, 4.69) is 11.4 Å². The summed E-state index contributed by atoms with van der Waals surface area (Å²) in [7, 11) is 0. The number of hydrogen-bond donors (Lipinski definition) is 1. The highest BCUT2D eigenvalue weighted by molar-refractivity contribution is 7.14. The van der Waals surface area contributed by atoms with Crippen molar-refractivity contribution in [2.75, 3.05) is 32.8 Å². The molecule has 0 saturated carbocycles. The Morgan fingerprint density at radius 2 is 1.75 bits per heavy atom. The molecule has 0 unspecified atom stereocenters. The molecule has 0 radical (unpaired) electrons.